The van der Waals surface area contributed by atoms with Crippen LogP contribution < -0.4 is 4.74 Å². The van der Waals surface area contributed by atoms with E-state index in [1.165, 1.54) is 0 Å². The molecule has 1 N–H and O–H groups in total. The molecular formula is C16H20N4O3. The molecule has 1 aromatic carbocycles. The van der Waals surface area contributed by atoms with Crippen molar-refractivity contribution in [2.24, 2.45) is 0 Å². The number of ether oxygens (including phenoxy) is 1. The van der Waals surface area contributed by atoms with Gasteiger partial charge in [-0.05, 0) is 19.1 Å². The summed E-state index contributed by atoms with van der Waals surface area (Å²) in [6.45, 7) is 3.26. The van der Waals surface area contributed by atoms with Crippen molar-refractivity contribution in [3.8, 4) is 5.75 Å². The fourth-order valence-corrected chi connectivity index (χ4v) is 2.42. The summed E-state index contributed by atoms with van der Waals surface area (Å²) in [5.74, 6) is 0.850. The first-order chi connectivity index (χ1) is 11.1. The van der Waals surface area contributed by atoms with Gasteiger partial charge in [-0.25, -0.2) is 4.68 Å². The average molecular weight is 316 g/mol. The van der Waals surface area contributed by atoms with Gasteiger partial charge in [-0.15, -0.1) is 5.10 Å². The second kappa shape index (κ2) is 6.78. The molecule has 122 valence electrons. The molecule has 7 nitrogen and oxygen atoms in total. The lowest BCUT2D eigenvalue weighted by Gasteiger charge is -2.38. The molecule has 0 radical (unpaired) electrons. The molecule has 0 spiro atoms. The number of likely N-dealkylation sites (tertiary alicyclic amines) is 1. The summed E-state index contributed by atoms with van der Waals surface area (Å²) in [6, 6.07) is 9.59. The molecular weight excluding hydrogens is 296 g/mol. The maximum Gasteiger partial charge on any atom is 0.226 e. The van der Waals surface area contributed by atoms with Crippen LogP contribution in [0.5, 0.6) is 5.75 Å². The largest absolute Gasteiger partial charge is 0.493 e. The number of amides is 1. The Balaban J connectivity index is 1.41. The van der Waals surface area contributed by atoms with Crippen LogP contribution in [0.4, 0.5) is 0 Å². The van der Waals surface area contributed by atoms with Crippen LogP contribution in [0.3, 0.4) is 0 Å². The summed E-state index contributed by atoms with van der Waals surface area (Å²) < 4.78 is 7.25. The Bertz CT molecular complexity index is 650. The normalized spacial score (nSPS) is 16.0. The number of benzene rings is 1. The van der Waals surface area contributed by atoms with Crippen LogP contribution in [0.15, 0.2) is 36.5 Å². The van der Waals surface area contributed by atoms with E-state index in [0.717, 1.165) is 5.75 Å². The molecule has 2 heterocycles. The Morgan fingerprint density at radius 2 is 2.13 bits per heavy atom. The number of aliphatic hydroxyl groups is 1. The van der Waals surface area contributed by atoms with E-state index in [1.807, 2.05) is 30.3 Å². The van der Waals surface area contributed by atoms with E-state index in [2.05, 4.69) is 10.3 Å². The molecule has 1 amide bonds. The molecule has 0 saturated carbocycles. The standard InChI is InChI=1S/C16H20N4O3/c1-12(21)15-11-20(18-17-15)13-9-19(10-13)16(22)7-8-23-14-5-3-2-4-6-14/h2-6,11-13,21H,7-10H2,1H3. The van der Waals surface area contributed by atoms with Gasteiger partial charge in [0.2, 0.25) is 5.91 Å². The summed E-state index contributed by atoms with van der Waals surface area (Å²) in [7, 11) is 0. The Kier molecular flexibility index (Phi) is 4.57. The van der Waals surface area contributed by atoms with Crippen molar-refractivity contribution in [3.05, 3.63) is 42.2 Å². The molecule has 1 fully saturated rings. The topological polar surface area (TPSA) is 80.5 Å². The van der Waals surface area contributed by atoms with Crippen molar-refractivity contribution in [3.63, 3.8) is 0 Å². The third-order valence-corrected chi connectivity index (χ3v) is 3.87. The number of hydrogen-bond acceptors (Lipinski definition) is 5. The number of aliphatic hydroxyl groups excluding tert-OH is 1. The average Bonchev–Trinajstić information content (AvgIpc) is 2.96. The maximum atomic E-state index is 12.1. The van der Waals surface area contributed by atoms with Gasteiger partial charge in [-0.3, -0.25) is 4.79 Å². The van der Waals surface area contributed by atoms with Crippen LogP contribution in [0.2, 0.25) is 0 Å². The highest BCUT2D eigenvalue weighted by molar-refractivity contribution is 5.77. The Morgan fingerprint density at radius 3 is 2.78 bits per heavy atom. The summed E-state index contributed by atoms with van der Waals surface area (Å²) >= 11 is 0. The maximum absolute atomic E-state index is 12.1. The van der Waals surface area contributed by atoms with Gasteiger partial charge in [-0.2, -0.15) is 0 Å². The summed E-state index contributed by atoms with van der Waals surface area (Å²) in [5, 5.41) is 17.4. The van der Waals surface area contributed by atoms with Crippen molar-refractivity contribution in [1.29, 1.82) is 0 Å². The molecule has 1 aliphatic heterocycles. The number of nitrogens with zero attached hydrogens (tertiary/aromatic N) is 4. The van der Waals surface area contributed by atoms with Crippen LogP contribution in [0.1, 0.15) is 31.2 Å². The van der Waals surface area contributed by atoms with E-state index < -0.39 is 6.10 Å². The third-order valence-electron chi connectivity index (χ3n) is 3.87. The van der Waals surface area contributed by atoms with Crippen molar-refractivity contribution in [2.45, 2.75) is 25.5 Å². The quantitative estimate of drug-likeness (QED) is 0.865. The van der Waals surface area contributed by atoms with E-state index in [0.29, 0.717) is 31.8 Å². The summed E-state index contributed by atoms with van der Waals surface area (Å²) in [4.78, 5) is 13.8. The number of hydrogen-bond donors (Lipinski definition) is 1. The molecule has 1 atom stereocenters. The van der Waals surface area contributed by atoms with E-state index in [4.69, 9.17) is 4.74 Å². The monoisotopic (exact) mass is 316 g/mol. The first kappa shape index (κ1) is 15.5. The van der Waals surface area contributed by atoms with Gasteiger partial charge in [0.05, 0.1) is 31.4 Å². The third kappa shape index (κ3) is 3.68. The molecule has 1 aliphatic rings. The summed E-state index contributed by atoms with van der Waals surface area (Å²) in [5.41, 5.74) is 0.547. The zero-order valence-electron chi connectivity index (χ0n) is 13.0. The van der Waals surface area contributed by atoms with Crippen LogP contribution in [0, 0.1) is 0 Å². The molecule has 0 bridgehead atoms. The van der Waals surface area contributed by atoms with Crippen LogP contribution in [0.25, 0.3) is 0 Å². The zero-order chi connectivity index (χ0) is 16.2. The minimum atomic E-state index is -0.628. The predicted molar refractivity (Wildman–Crippen MR) is 82.8 cm³/mol. The van der Waals surface area contributed by atoms with E-state index in [-0.39, 0.29) is 11.9 Å². The fourth-order valence-electron chi connectivity index (χ4n) is 2.42. The van der Waals surface area contributed by atoms with Gasteiger partial charge < -0.3 is 14.7 Å². The van der Waals surface area contributed by atoms with Gasteiger partial charge in [0.15, 0.2) is 0 Å². The van der Waals surface area contributed by atoms with Gasteiger partial charge >= 0.3 is 0 Å². The Morgan fingerprint density at radius 1 is 1.39 bits per heavy atom. The van der Waals surface area contributed by atoms with E-state index in [1.54, 1.807) is 22.7 Å². The van der Waals surface area contributed by atoms with E-state index >= 15 is 0 Å². The fraction of sp³-hybridized carbons (Fsp3) is 0.438. The minimum Gasteiger partial charge on any atom is -0.493 e. The first-order valence-corrected chi connectivity index (χ1v) is 7.69. The summed E-state index contributed by atoms with van der Waals surface area (Å²) in [6.07, 6.45) is 1.46. The zero-order valence-corrected chi connectivity index (χ0v) is 13.0. The van der Waals surface area contributed by atoms with Gasteiger partial charge in [0.25, 0.3) is 0 Å². The SMILES string of the molecule is CC(O)c1cn(C2CN(C(=O)CCOc3ccccc3)C2)nn1. The minimum absolute atomic E-state index is 0.0769. The molecule has 2 aromatic rings. The first-order valence-electron chi connectivity index (χ1n) is 7.69. The highest BCUT2D eigenvalue weighted by atomic mass is 16.5. The van der Waals surface area contributed by atoms with Crippen molar-refractivity contribution < 1.29 is 14.6 Å². The van der Waals surface area contributed by atoms with Crippen molar-refractivity contribution >= 4 is 5.91 Å². The van der Waals surface area contributed by atoms with Crippen LogP contribution >= 0.6 is 0 Å². The highest BCUT2D eigenvalue weighted by Crippen LogP contribution is 2.22. The molecule has 23 heavy (non-hydrogen) atoms. The number of para-hydroxylation sites is 1. The Hall–Kier alpha value is -2.41. The number of carbonyl (C=O) groups is 1. The lowest BCUT2D eigenvalue weighted by atomic mass is 10.1. The molecule has 7 heteroatoms. The van der Waals surface area contributed by atoms with Gasteiger partial charge in [-0.1, -0.05) is 23.4 Å². The lowest BCUT2D eigenvalue weighted by molar-refractivity contribution is -0.137. The highest BCUT2D eigenvalue weighted by Gasteiger charge is 2.32. The molecule has 1 unspecified atom stereocenters. The molecule has 3 rings (SSSR count). The predicted octanol–water partition coefficient (Wildman–Crippen LogP) is 1.18. The number of rotatable bonds is 6. The molecule has 0 aliphatic carbocycles. The number of aromatic nitrogens is 3. The second-order valence-corrected chi connectivity index (χ2v) is 5.66. The molecule has 1 saturated heterocycles. The lowest BCUT2D eigenvalue weighted by Crippen LogP contribution is -2.51. The van der Waals surface area contributed by atoms with Crippen LogP contribution in [-0.2, 0) is 4.79 Å². The van der Waals surface area contributed by atoms with Crippen LogP contribution in [-0.4, -0.2) is 50.6 Å². The smallest absolute Gasteiger partial charge is 0.226 e. The van der Waals surface area contributed by atoms with Crippen molar-refractivity contribution in [2.75, 3.05) is 19.7 Å². The Labute approximate surface area is 134 Å². The molecule has 1 aromatic heterocycles. The second-order valence-electron chi connectivity index (χ2n) is 5.66. The number of carbonyl (C=O) groups excluding carboxylic acids is 1. The van der Waals surface area contributed by atoms with Crippen molar-refractivity contribution in [1.82, 2.24) is 19.9 Å². The van der Waals surface area contributed by atoms with Gasteiger partial charge in [0, 0.05) is 13.1 Å². The van der Waals surface area contributed by atoms with Gasteiger partial charge in [0.1, 0.15) is 11.4 Å². The van der Waals surface area contributed by atoms with E-state index in [9.17, 15) is 9.90 Å².